The number of benzene rings is 2. The number of aliphatic hydroxyl groups is 1. The summed E-state index contributed by atoms with van der Waals surface area (Å²) in [7, 11) is 0. The average Bonchev–Trinajstić information content (AvgIpc) is 3.41. The maximum absolute atomic E-state index is 13.6. The predicted octanol–water partition coefficient (Wildman–Crippen LogP) is 5.96. The number of halogens is 1. The van der Waals surface area contributed by atoms with Crippen LogP contribution in [0.5, 0.6) is 0 Å². The van der Waals surface area contributed by atoms with Gasteiger partial charge in [0.15, 0.2) is 11.4 Å². The first-order chi connectivity index (χ1) is 18.0. The molecular weight excluding hydrogens is 467 g/mol. The number of fused-ring (bicyclic) bond motifs is 3. The molecule has 4 heterocycles. The van der Waals surface area contributed by atoms with Crippen molar-refractivity contribution in [2.75, 3.05) is 19.6 Å². The van der Waals surface area contributed by atoms with Crippen LogP contribution in [0, 0.1) is 17.7 Å². The largest absolute Gasteiger partial charge is 0.436 e. The van der Waals surface area contributed by atoms with Gasteiger partial charge in [-0.3, -0.25) is 0 Å². The van der Waals surface area contributed by atoms with Gasteiger partial charge in [-0.25, -0.2) is 9.37 Å². The van der Waals surface area contributed by atoms with Gasteiger partial charge >= 0.3 is 0 Å². The second-order valence-electron chi connectivity index (χ2n) is 11.5. The van der Waals surface area contributed by atoms with Crippen LogP contribution in [0.2, 0.25) is 0 Å². The maximum Gasteiger partial charge on any atom is 0.231 e. The number of ether oxygens (including phenoxy) is 1. The number of aromatic nitrogens is 1. The quantitative estimate of drug-likeness (QED) is 0.384. The van der Waals surface area contributed by atoms with E-state index in [1.807, 2.05) is 42.6 Å². The maximum atomic E-state index is 13.6. The molecule has 2 aromatic carbocycles. The second kappa shape index (κ2) is 10.3. The smallest absolute Gasteiger partial charge is 0.231 e. The van der Waals surface area contributed by atoms with E-state index in [0.29, 0.717) is 18.4 Å². The number of quaternary nitrogens is 1. The lowest BCUT2D eigenvalue weighted by Gasteiger charge is -2.52. The molecule has 1 saturated carbocycles. The SMILES string of the molecule is O[C@](c1ccccc1)(c1ncc(C[N+]23CCC(CC2)C(OCc2cccc(F)c2)C3)o1)C1CCCCC1. The minimum atomic E-state index is -1.20. The summed E-state index contributed by atoms with van der Waals surface area (Å²) < 4.78 is 27.3. The molecule has 7 rings (SSSR count). The molecule has 196 valence electrons. The third-order valence-electron chi connectivity index (χ3n) is 9.18. The van der Waals surface area contributed by atoms with Gasteiger partial charge in [-0.1, -0.05) is 61.7 Å². The summed E-state index contributed by atoms with van der Waals surface area (Å²) in [6, 6.07) is 16.6. The number of piperidine rings is 3. The lowest BCUT2D eigenvalue weighted by Crippen LogP contribution is -2.63. The van der Waals surface area contributed by atoms with E-state index in [2.05, 4.69) is 0 Å². The Morgan fingerprint density at radius 3 is 2.54 bits per heavy atom. The summed E-state index contributed by atoms with van der Waals surface area (Å²) in [6.07, 6.45) is 9.71. The number of rotatable bonds is 8. The molecule has 1 aliphatic carbocycles. The van der Waals surface area contributed by atoms with Crippen molar-refractivity contribution in [1.29, 1.82) is 0 Å². The van der Waals surface area contributed by atoms with Gasteiger partial charge in [0.1, 0.15) is 25.0 Å². The van der Waals surface area contributed by atoms with E-state index >= 15 is 0 Å². The Morgan fingerprint density at radius 1 is 1.00 bits per heavy atom. The lowest BCUT2D eigenvalue weighted by atomic mass is 9.73. The molecule has 5 nitrogen and oxygen atoms in total. The van der Waals surface area contributed by atoms with Crippen molar-refractivity contribution >= 4 is 0 Å². The Kier molecular flexibility index (Phi) is 6.91. The van der Waals surface area contributed by atoms with E-state index in [1.54, 1.807) is 12.1 Å². The van der Waals surface area contributed by atoms with Crippen LogP contribution in [-0.2, 0) is 23.5 Å². The molecule has 1 aromatic heterocycles. The standard InChI is InChI=1S/C31H38FN2O3/c32-27-13-7-8-23(18-27)22-36-29-21-34(16-14-24(29)15-17-34)20-28-19-33-30(37-28)31(35,25-9-3-1-4-10-25)26-11-5-2-6-12-26/h1,3-4,7-10,13,18-19,24,26,29,35H,2,5-6,11-12,14-17,20-22H2/q+1/t24?,29?,31-,34?/m0/s1. The molecule has 4 aliphatic rings. The van der Waals surface area contributed by atoms with Crippen LogP contribution in [0.4, 0.5) is 4.39 Å². The van der Waals surface area contributed by atoms with E-state index in [9.17, 15) is 9.50 Å². The van der Waals surface area contributed by atoms with Gasteiger partial charge in [0, 0.05) is 24.7 Å². The molecule has 3 aromatic rings. The molecule has 0 spiro atoms. The summed E-state index contributed by atoms with van der Waals surface area (Å²) in [5, 5.41) is 12.2. The molecule has 37 heavy (non-hydrogen) atoms. The Bertz CT molecular complexity index is 1180. The van der Waals surface area contributed by atoms with Crippen molar-refractivity contribution in [3.63, 3.8) is 0 Å². The fraction of sp³-hybridized carbons (Fsp3) is 0.516. The topological polar surface area (TPSA) is 55.5 Å². The Morgan fingerprint density at radius 2 is 1.78 bits per heavy atom. The van der Waals surface area contributed by atoms with Gasteiger partial charge < -0.3 is 18.7 Å². The third-order valence-corrected chi connectivity index (χ3v) is 9.18. The van der Waals surface area contributed by atoms with Crippen molar-refractivity contribution in [1.82, 2.24) is 4.98 Å². The molecule has 0 amide bonds. The van der Waals surface area contributed by atoms with Crippen LogP contribution < -0.4 is 0 Å². The molecule has 6 heteroatoms. The van der Waals surface area contributed by atoms with Crippen molar-refractivity contribution < 1.29 is 23.1 Å². The van der Waals surface area contributed by atoms with E-state index in [0.717, 1.165) is 86.1 Å². The molecule has 1 N–H and O–H groups in total. The first-order valence-electron chi connectivity index (χ1n) is 14.0. The van der Waals surface area contributed by atoms with E-state index in [1.165, 1.54) is 12.5 Å². The zero-order valence-corrected chi connectivity index (χ0v) is 21.5. The summed E-state index contributed by atoms with van der Waals surface area (Å²) in [6.45, 7) is 4.34. The Balaban J connectivity index is 1.19. The zero-order valence-electron chi connectivity index (χ0n) is 21.5. The van der Waals surface area contributed by atoms with Crippen molar-refractivity contribution in [3.8, 4) is 0 Å². The summed E-state index contributed by atoms with van der Waals surface area (Å²) in [5.41, 5.74) is 0.545. The fourth-order valence-electron chi connectivity index (χ4n) is 7.10. The molecule has 3 aliphatic heterocycles. The van der Waals surface area contributed by atoms with Gasteiger partial charge in [-0.15, -0.1) is 0 Å². The Hall–Kier alpha value is -2.54. The summed E-state index contributed by atoms with van der Waals surface area (Å²) in [4.78, 5) is 4.69. The van der Waals surface area contributed by atoms with Crippen LogP contribution >= 0.6 is 0 Å². The van der Waals surface area contributed by atoms with Crippen LogP contribution in [0.1, 0.15) is 67.7 Å². The fourth-order valence-corrected chi connectivity index (χ4v) is 7.10. The van der Waals surface area contributed by atoms with E-state index in [-0.39, 0.29) is 17.8 Å². The first kappa shape index (κ1) is 24.8. The summed E-state index contributed by atoms with van der Waals surface area (Å²) >= 11 is 0. The average molecular weight is 506 g/mol. The number of oxazole rings is 1. The van der Waals surface area contributed by atoms with Crippen LogP contribution in [0.3, 0.4) is 0 Å². The van der Waals surface area contributed by atoms with E-state index in [4.69, 9.17) is 14.1 Å². The second-order valence-corrected chi connectivity index (χ2v) is 11.5. The predicted molar refractivity (Wildman–Crippen MR) is 139 cm³/mol. The minimum absolute atomic E-state index is 0.105. The first-order valence-corrected chi connectivity index (χ1v) is 14.0. The molecule has 2 atom stereocenters. The molecule has 3 saturated heterocycles. The highest BCUT2D eigenvalue weighted by molar-refractivity contribution is 5.30. The van der Waals surface area contributed by atoms with Gasteiger partial charge in [0.2, 0.25) is 5.89 Å². The number of nitrogens with zero attached hydrogens (tertiary/aromatic N) is 2. The van der Waals surface area contributed by atoms with Crippen LogP contribution in [-0.4, -0.2) is 40.3 Å². The number of hydrogen-bond donors (Lipinski definition) is 1. The molecule has 1 unspecified atom stereocenters. The molecule has 4 fully saturated rings. The van der Waals surface area contributed by atoms with Crippen molar-refractivity contribution in [2.24, 2.45) is 11.8 Å². The molecule has 0 radical (unpaired) electrons. The molecular formula is C31H38FN2O3+. The van der Waals surface area contributed by atoms with Crippen LogP contribution in [0.25, 0.3) is 0 Å². The minimum Gasteiger partial charge on any atom is -0.436 e. The van der Waals surface area contributed by atoms with Crippen molar-refractivity contribution in [2.45, 2.75) is 69.8 Å². The van der Waals surface area contributed by atoms with Gasteiger partial charge in [-0.2, -0.15) is 0 Å². The summed E-state index contributed by atoms with van der Waals surface area (Å²) in [5.74, 6) is 1.72. The Labute approximate surface area is 218 Å². The van der Waals surface area contributed by atoms with Gasteiger partial charge in [-0.05, 0) is 36.1 Å². The van der Waals surface area contributed by atoms with Gasteiger partial charge in [0.05, 0.1) is 25.9 Å². The monoisotopic (exact) mass is 505 g/mol. The van der Waals surface area contributed by atoms with Crippen molar-refractivity contribution in [3.05, 3.63) is 89.4 Å². The number of hydrogen-bond acceptors (Lipinski definition) is 4. The normalized spacial score (nSPS) is 27.7. The molecule has 2 bridgehead atoms. The van der Waals surface area contributed by atoms with E-state index < -0.39 is 5.60 Å². The zero-order chi connectivity index (χ0) is 25.3. The lowest BCUT2D eigenvalue weighted by molar-refractivity contribution is -0.959. The van der Waals surface area contributed by atoms with Gasteiger partial charge in [0.25, 0.3) is 0 Å². The highest BCUT2D eigenvalue weighted by Crippen LogP contribution is 2.44. The third kappa shape index (κ3) is 4.99. The van der Waals surface area contributed by atoms with Crippen LogP contribution in [0.15, 0.2) is 65.2 Å². The highest BCUT2D eigenvalue weighted by Gasteiger charge is 2.48. The highest BCUT2D eigenvalue weighted by atomic mass is 19.1.